The van der Waals surface area contributed by atoms with Crippen molar-refractivity contribution in [2.24, 2.45) is 5.14 Å². The summed E-state index contributed by atoms with van der Waals surface area (Å²) in [5.74, 6) is 0.740. The molecule has 2 rings (SSSR count). The maximum atomic E-state index is 11.2. The zero-order valence-corrected chi connectivity index (χ0v) is 8.84. The van der Waals surface area contributed by atoms with Gasteiger partial charge in [0, 0.05) is 6.54 Å². The van der Waals surface area contributed by atoms with E-state index in [0.29, 0.717) is 0 Å². The van der Waals surface area contributed by atoms with E-state index in [9.17, 15) is 8.42 Å². The summed E-state index contributed by atoms with van der Waals surface area (Å²) in [6, 6.07) is 0. The molecule has 6 heteroatoms. The van der Waals surface area contributed by atoms with Crippen LogP contribution in [0.4, 0.5) is 0 Å². The van der Waals surface area contributed by atoms with Crippen molar-refractivity contribution in [1.29, 1.82) is 0 Å². The van der Waals surface area contributed by atoms with Gasteiger partial charge in [-0.15, -0.1) is 0 Å². The molecule has 2 N–H and O–H groups in total. The van der Waals surface area contributed by atoms with Crippen LogP contribution in [-0.4, -0.2) is 18.0 Å². The van der Waals surface area contributed by atoms with E-state index >= 15 is 0 Å². The summed E-state index contributed by atoms with van der Waals surface area (Å²) in [5, 5.41) is 5.16. The number of sulfonamides is 1. The molecule has 0 saturated heterocycles. The molecule has 0 spiro atoms. The molecule has 78 valence electrons. The van der Waals surface area contributed by atoms with Crippen LogP contribution in [0.1, 0.15) is 24.4 Å². The molecule has 1 aromatic heterocycles. The van der Waals surface area contributed by atoms with Crippen molar-refractivity contribution >= 4 is 10.0 Å². The van der Waals surface area contributed by atoms with Gasteiger partial charge in [0.15, 0.2) is 5.03 Å². The lowest BCUT2D eigenvalue weighted by molar-refractivity contribution is 0.515. The second-order valence-electron chi connectivity index (χ2n) is 3.56. The fourth-order valence-electron chi connectivity index (χ4n) is 1.91. The second kappa shape index (κ2) is 3.06. The fraction of sp³-hybridized carbons (Fsp3) is 0.625. The van der Waals surface area contributed by atoms with E-state index in [2.05, 4.69) is 4.98 Å². The van der Waals surface area contributed by atoms with Crippen LogP contribution in [0.2, 0.25) is 0 Å². The maximum Gasteiger partial charge on any atom is 0.257 e. The number of aromatic nitrogens is 2. The Labute approximate surface area is 83.0 Å². The van der Waals surface area contributed by atoms with Crippen LogP contribution in [0.15, 0.2) is 5.03 Å². The maximum absolute atomic E-state index is 11.2. The lowest BCUT2D eigenvalue weighted by atomic mass is 10.1. The van der Waals surface area contributed by atoms with E-state index < -0.39 is 10.0 Å². The summed E-state index contributed by atoms with van der Waals surface area (Å²) in [7, 11) is -3.66. The van der Waals surface area contributed by atoms with Gasteiger partial charge in [0.05, 0.1) is 5.69 Å². The number of fused-ring (bicyclic) bond motifs is 1. The molecular weight excluding hydrogens is 202 g/mol. The number of hydrogen-bond acceptors (Lipinski definition) is 3. The Balaban J connectivity index is 2.64. The molecule has 0 atom stereocenters. The molecular formula is C8H13N3O2S. The van der Waals surface area contributed by atoms with Crippen molar-refractivity contribution < 1.29 is 8.42 Å². The fourth-order valence-corrected chi connectivity index (χ4v) is 2.71. The molecule has 0 radical (unpaired) electrons. The first kappa shape index (κ1) is 9.67. The Morgan fingerprint density at radius 1 is 1.43 bits per heavy atom. The molecule has 0 amide bonds. The van der Waals surface area contributed by atoms with Crippen molar-refractivity contribution in [3.05, 3.63) is 11.5 Å². The van der Waals surface area contributed by atoms with Crippen molar-refractivity contribution in [3.8, 4) is 0 Å². The minimum absolute atomic E-state index is 0.0645. The van der Waals surface area contributed by atoms with Crippen LogP contribution < -0.4 is 5.14 Å². The van der Waals surface area contributed by atoms with Crippen LogP contribution in [0.3, 0.4) is 0 Å². The van der Waals surface area contributed by atoms with Gasteiger partial charge in [-0.2, -0.15) is 0 Å². The topological polar surface area (TPSA) is 78.0 Å². The Bertz CT molecular complexity index is 461. The molecule has 0 bridgehead atoms. The van der Waals surface area contributed by atoms with Crippen molar-refractivity contribution in [3.63, 3.8) is 0 Å². The lowest BCUT2D eigenvalue weighted by Crippen LogP contribution is -2.18. The van der Waals surface area contributed by atoms with Gasteiger partial charge in [0.1, 0.15) is 5.82 Å². The quantitative estimate of drug-likeness (QED) is 0.725. The van der Waals surface area contributed by atoms with Crippen LogP contribution in [0.25, 0.3) is 0 Å². The molecule has 0 unspecified atom stereocenters. The molecule has 1 aromatic rings. The van der Waals surface area contributed by atoms with Crippen LogP contribution >= 0.6 is 0 Å². The van der Waals surface area contributed by atoms with Gasteiger partial charge in [-0.3, -0.25) is 0 Å². The number of nitrogens with two attached hydrogens (primary N) is 1. The number of hydrogen-bond donors (Lipinski definition) is 1. The van der Waals surface area contributed by atoms with Crippen LogP contribution in [0, 0.1) is 6.92 Å². The van der Waals surface area contributed by atoms with Crippen molar-refractivity contribution in [2.75, 3.05) is 0 Å². The first-order valence-electron chi connectivity index (χ1n) is 4.59. The monoisotopic (exact) mass is 215 g/mol. The number of imidazole rings is 1. The second-order valence-corrected chi connectivity index (χ2v) is 5.04. The molecule has 2 heterocycles. The SMILES string of the molecule is Cc1nc(S(N)(=O)=O)c2n1CCCC2. The first-order chi connectivity index (χ1) is 6.50. The zero-order valence-electron chi connectivity index (χ0n) is 8.02. The average molecular weight is 215 g/mol. The highest BCUT2D eigenvalue weighted by Crippen LogP contribution is 2.22. The van der Waals surface area contributed by atoms with E-state index in [1.165, 1.54) is 0 Å². The Morgan fingerprint density at radius 3 is 2.79 bits per heavy atom. The highest BCUT2D eigenvalue weighted by molar-refractivity contribution is 7.89. The summed E-state index contributed by atoms with van der Waals surface area (Å²) in [6.07, 6.45) is 2.84. The van der Waals surface area contributed by atoms with E-state index in [1.54, 1.807) is 0 Å². The number of aryl methyl sites for hydroxylation is 1. The van der Waals surface area contributed by atoms with Gasteiger partial charge >= 0.3 is 0 Å². The van der Waals surface area contributed by atoms with Crippen LogP contribution in [0.5, 0.6) is 0 Å². The average Bonchev–Trinajstić information content (AvgIpc) is 2.44. The third-order valence-corrected chi connectivity index (χ3v) is 3.41. The number of rotatable bonds is 1. The summed E-state index contributed by atoms with van der Waals surface area (Å²) in [4.78, 5) is 4.01. The Morgan fingerprint density at radius 2 is 2.14 bits per heavy atom. The normalized spacial score (nSPS) is 16.7. The number of nitrogens with zero attached hydrogens (tertiary/aromatic N) is 2. The Kier molecular flexibility index (Phi) is 2.11. The first-order valence-corrected chi connectivity index (χ1v) is 6.13. The molecule has 1 aliphatic heterocycles. The van der Waals surface area contributed by atoms with Gasteiger partial charge in [0.25, 0.3) is 10.0 Å². The van der Waals surface area contributed by atoms with Gasteiger partial charge < -0.3 is 4.57 Å². The minimum Gasteiger partial charge on any atom is -0.331 e. The molecule has 14 heavy (non-hydrogen) atoms. The van der Waals surface area contributed by atoms with Gasteiger partial charge in [0.2, 0.25) is 0 Å². The summed E-state index contributed by atoms with van der Waals surface area (Å²) in [6.45, 7) is 2.66. The standard InChI is InChI=1S/C8H13N3O2S/c1-6-10-8(14(9,12)13)7-4-2-3-5-11(6)7/h2-5H2,1H3,(H2,9,12,13). The lowest BCUT2D eigenvalue weighted by Gasteiger charge is -2.15. The minimum atomic E-state index is -3.66. The smallest absolute Gasteiger partial charge is 0.257 e. The van der Waals surface area contributed by atoms with Gasteiger partial charge in [-0.25, -0.2) is 18.5 Å². The third-order valence-electron chi connectivity index (χ3n) is 2.54. The third kappa shape index (κ3) is 1.44. The van der Waals surface area contributed by atoms with Gasteiger partial charge in [-0.05, 0) is 26.2 Å². The predicted octanol–water partition coefficient (Wildman–Crippen LogP) is 0.175. The highest BCUT2D eigenvalue weighted by Gasteiger charge is 2.24. The van der Waals surface area contributed by atoms with E-state index in [0.717, 1.165) is 37.3 Å². The molecule has 0 saturated carbocycles. The van der Waals surface area contributed by atoms with Crippen molar-refractivity contribution in [2.45, 2.75) is 37.8 Å². The van der Waals surface area contributed by atoms with Crippen molar-refractivity contribution in [1.82, 2.24) is 9.55 Å². The van der Waals surface area contributed by atoms with E-state index in [1.807, 2.05) is 11.5 Å². The molecule has 0 aliphatic carbocycles. The predicted molar refractivity (Wildman–Crippen MR) is 51.3 cm³/mol. The highest BCUT2D eigenvalue weighted by atomic mass is 32.2. The molecule has 5 nitrogen and oxygen atoms in total. The molecule has 1 aliphatic rings. The molecule has 0 fully saturated rings. The van der Waals surface area contributed by atoms with Gasteiger partial charge in [-0.1, -0.05) is 0 Å². The largest absolute Gasteiger partial charge is 0.331 e. The van der Waals surface area contributed by atoms with E-state index in [-0.39, 0.29) is 5.03 Å². The van der Waals surface area contributed by atoms with E-state index in [4.69, 9.17) is 5.14 Å². The number of primary sulfonamides is 1. The van der Waals surface area contributed by atoms with Crippen LogP contribution in [-0.2, 0) is 23.0 Å². The summed E-state index contributed by atoms with van der Waals surface area (Å²) in [5.41, 5.74) is 0.774. The zero-order chi connectivity index (χ0) is 10.3. The summed E-state index contributed by atoms with van der Waals surface area (Å²) >= 11 is 0. The summed E-state index contributed by atoms with van der Waals surface area (Å²) < 4.78 is 24.4. The Hall–Kier alpha value is -0.880. The molecule has 0 aromatic carbocycles.